The lowest BCUT2D eigenvalue weighted by molar-refractivity contribution is 0.446. The van der Waals surface area contributed by atoms with Gasteiger partial charge in [0.1, 0.15) is 5.52 Å². The zero-order chi connectivity index (χ0) is 12.7. The zero-order valence-electron chi connectivity index (χ0n) is 8.82. The Morgan fingerprint density at radius 2 is 1.83 bits per heavy atom. The van der Waals surface area contributed by atoms with Crippen LogP contribution >= 0.6 is 0 Å². The second kappa shape index (κ2) is 3.83. The van der Waals surface area contributed by atoms with Crippen molar-refractivity contribution in [3.63, 3.8) is 0 Å². The lowest BCUT2D eigenvalue weighted by atomic mass is 10.2. The van der Waals surface area contributed by atoms with Crippen molar-refractivity contribution in [2.24, 2.45) is 0 Å². The second-order valence-corrected chi connectivity index (χ2v) is 3.57. The Bertz CT molecular complexity index is 706. The second-order valence-electron chi connectivity index (χ2n) is 3.57. The first-order chi connectivity index (χ1) is 8.66. The van der Waals surface area contributed by atoms with Gasteiger partial charge in [0.2, 0.25) is 11.6 Å². The average molecular weight is 250 g/mol. The summed E-state index contributed by atoms with van der Waals surface area (Å²) >= 11 is 0. The number of nitrogens with zero attached hydrogens (tertiary/aromatic N) is 2. The number of aromatic nitrogens is 2. The third kappa shape index (κ3) is 1.54. The van der Waals surface area contributed by atoms with Crippen LogP contribution in [0.15, 0.2) is 34.9 Å². The monoisotopic (exact) mass is 250 g/mol. The fourth-order valence-corrected chi connectivity index (χ4v) is 1.58. The van der Waals surface area contributed by atoms with E-state index in [2.05, 4.69) is 9.97 Å². The molecule has 0 N–H and O–H groups in total. The Hall–Kier alpha value is -2.37. The first-order valence-electron chi connectivity index (χ1n) is 5.02. The molecule has 0 fully saturated rings. The van der Waals surface area contributed by atoms with Gasteiger partial charge in [-0.25, -0.2) is 23.1 Å². The number of rotatable bonds is 1. The molecule has 2 heterocycles. The molecule has 0 unspecified atom stereocenters. The first kappa shape index (κ1) is 10.8. The summed E-state index contributed by atoms with van der Waals surface area (Å²) in [5, 5.41) is 0. The molecule has 90 valence electrons. The third-order valence-corrected chi connectivity index (χ3v) is 2.43. The summed E-state index contributed by atoms with van der Waals surface area (Å²) in [7, 11) is 0. The SMILES string of the molecule is Fc1ccc(-c2nc3cccnc3o2)c(F)c1F. The molecule has 0 amide bonds. The van der Waals surface area contributed by atoms with Crippen molar-refractivity contribution in [1.82, 2.24) is 9.97 Å². The Kier molecular flexibility index (Phi) is 2.29. The van der Waals surface area contributed by atoms with Crippen molar-refractivity contribution in [1.29, 1.82) is 0 Å². The van der Waals surface area contributed by atoms with Gasteiger partial charge in [-0.2, -0.15) is 0 Å². The largest absolute Gasteiger partial charge is 0.418 e. The van der Waals surface area contributed by atoms with E-state index < -0.39 is 17.5 Å². The number of hydrogen-bond acceptors (Lipinski definition) is 3. The number of fused-ring (bicyclic) bond motifs is 1. The molecule has 2 aromatic heterocycles. The standard InChI is InChI=1S/C12H5F3N2O/c13-7-4-3-6(9(14)10(7)15)11-17-8-2-1-5-16-12(8)18-11/h1-5H. The lowest BCUT2D eigenvalue weighted by Gasteiger charge is -1.99. The van der Waals surface area contributed by atoms with Gasteiger partial charge < -0.3 is 4.42 Å². The van der Waals surface area contributed by atoms with E-state index in [1.165, 1.54) is 6.20 Å². The number of hydrogen-bond donors (Lipinski definition) is 0. The number of halogens is 3. The molecule has 0 spiro atoms. The maximum absolute atomic E-state index is 13.5. The number of benzene rings is 1. The van der Waals surface area contributed by atoms with Gasteiger partial charge in [-0.3, -0.25) is 0 Å². The first-order valence-corrected chi connectivity index (χ1v) is 5.02. The van der Waals surface area contributed by atoms with E-state index in [0.29, 0.717) is 5.52 Å². The summed E-state index contributed by atoms with van der Waals surface area (Å²) < 4.78 is 44.6. The van der Waals surface area contributed by atoms with Gasteiger partial charge in [-0.05, 0) is 24.3 Å². The van der Waals surface area contributed by atoms with Gasteiger partial charge in [0.25, 0.3) is 0 Å². The predicted octanol–water partition coefficient (Wildman–Crippen LogP) is 3.31. The molecule has 0 bridgehead atoms. The summed E-state index contributed by atoms with van der Waals surface area (Å²) in [6.45, 7) is 0. The Morgan fingerprint density at radius 1 is 1.00 bits per heavy atom. The zero-order valence-corrected chi connectivity index (χ0v) is 8.82. The van der Waals surface area contributed by atoms with Crippen molar-refractivity contribution in [2.45, 2.75) is 0 Å². The summed E-state index contributed by atoms with van der Waals surface area (Å²) in [5.41, 5.74) is 0.375. The van der Waals surface area contributed by atoms with E-state index in [9.17, 15) is 13.2 Å². The molecule has 0 saturated heterocycles. The molecule has 0 aliphatic rings. The van der Waals surface area contributed by atoms with Crippen LogP contribution in [0.1, 0.15) is 0 Å². The molecule has 3 nitrogen and oxygen atoms in total. The minimum atomic E-state index is -1.55. The summed E-state index contributed by atoms with van der Waals surface area (Å²) in [6, 6.07) is 5.14. The van der Waals surface area contributed by atoms with Crippen molar-refractivity contribution in [3.8, 4) is 11.5 Å². The highest BCUT2D eigenvalue weighted by atomic mass is 19.2. The summed E-state index contributed by atoms with van der Waals surface area (Å²) in [6.07, 6.45) is 1.49. The average Bonchev–Trinajstić information content (AvgIpc) is 2.79. The van der Waals surface area contributed by atoms with Gasteiger partial charge in [-0.1, -0.05) is 0 Å². The van der Waals surface area contributed by atoms with E-state index in [1.54, 1.807) is 12.1 Å². The topological polar surface area (TPSA) is 38.9 Å². The van der Waals surface area contributed by atoms with E-state index in [4.69, 9.17) is 4.42 Å². The van der Waals surface area contributed by atoms with Crippen molar-refractivity contribution in [3.05, 3.63) is 47.9 Å². The van der Waals surface area contributed by atoms with Crippen LogP contribution in [0, 0.1) is 17.5 Å². The van der Waals surface area contributed by atoms with E-state index in [-0.39, 0.29) is 17.2 Å². The van der Waals surface area contributed by atoms with Crippen LogP contribution in [-0.2, 0) is 0 Å². The van der Waals surface area contributed by atoms with Crippen LogP contribution in [0.3, 0.4) is 0 Å². The van der Waals surface area contributed by atoms with Crippen molar-refractivity contribution < 1.29 is 17.6 Å². The predicted molar refractivity (Wildman–Crippen MR) is 57.1 cm³/mol. The fraction of sp³-hybridized carbons (Fsp3) is 0. The van der Waals surface area contributed by atoms with Crippen LogP contribution in [-0.4, -0.2) is 9.97 Å². The molecular weight excluding hydrogens is 245 g/mol. The van der Waals surface area contributed by atoms with Crippen LogP contribution < -0.4 is 0 Å². The lowest BCUT2D eigenvalue weighted by Crippen LogP contribution is -1.93. The molecular formula is C12H5F3N2O. The minimum Gasteiger partial charge on any atom is -0.418 e. The highest BCUT2D eigenvalue weighted by Crippen LogP contribution is 2.27. The molecule has 0 atom stereocenters. The third-order valence-electron chi connectivity index (χ3n) is 2.43. The van der Waals surface area contributed by atoms with Crippen LogP contribution in [0.5, 0.6) is 0 Å². The number of pyridine rings is 1. The summed E-state index contributed by atoms with van der Waals surface area (Å²) in [4.78, 5) is 7.83. The van der Waals surface area contributed by atoms with E-state index in [0.717, 1.165) is 12.1 Å². The van der Waals surface area contributed by atoms with Crippen molar-refractivity contribution in [2.75, 3.05) is 0 Å². The maximum Gasteiger partial charge on any atom is 0.247 e. The molecule has 3 aromatic rings. The summed E-state index contributed by atoms with van der Waals surface area (Å²) in [5.74, 6) is -4.28. The van der Waals surface area contributed by atoms with Gasteiger partial charge >= 0.3 is 0 Å². The van der Waals surface area contributed by atoms with E-state index in [1.807, 2.05) is 0 Å². The van der Waals surface area contributed by atoms with Gasteiger partial charge in [0.05, 0.1) is 5.56 Å². The quantitative estimate of drug-likeness (QED) is 0.622. The molecule has 0 aliphatic carbocycles. The normalized spacial score (nSPS) is 11.1. The Morgan fingerprint density at radius 3 is 2.61 bits per heavy atom. The highest BCUT2D eigenvalue weighted by Gasteiger charge is 2.18. The molecule has 3 rings (SSSR count). The van der Waals surface area contributed by atoms with Crippen LogP contribution in [0.2, 0.25) is 0 Å². The molecule has 0 radical (unpaired) electrons. The molecule has 6 heteroatoms. The Balaban J connectivity index is 2.23. The van der Waals surface area contributed by atoms with Gasteiger partial charge in [0.15, 0.2) is 17.5 Å². The highest BCUT2D eigenvalue weighted by molar-refractivity contribution is 5.72. The van der Waals surface area contributed by atoms with Crippen LogP contribution in [0.25, 0.3) is 22.7 Å². The maximum atomic E-state index is 13.5. The van der Waals surface area contributed by atoms with Crippen LogP contribution in [0.4, 0.5) is 13.2 Å². The number of oxazole rings is 1. The smallest absolute Gasteiger partial charge is 0.247 e. The minimum absolute atomic E-state index is 0.139. The van der Waals surface area contributed by atoms with Crippen molar-refractivity contribution >= 4 is 11.2 Å². The molecule has 0 aliphatic heterocycles. The fourth-order valence-electron chi connectivity index (χ4n) is 1.58. The van der Waals surface area contributed by atoms with Gasteiger partial charge in [0, 0.05) is 6.20 Å². The van der Waals surface area contributed by atoms with Gasteiger partial charge in [-0.15, -0.1) is 0 Å². The molecule has 18 heavy (non-hydrogen) atoms. The Labute approximate surface area is 98.9 Å². The molecule has 0 saturated carbocycles. The van der Waals surface area contributed by atoms with E-state index >= 15 is 0 Å². The molecule has 1 aromatic carbocycles.